The summed E-state index contributed by atoms with van der Waals surface area (Å²) < 4.78 is 26.8. The maximum atomic E-state index is 12.3. The number of nitrogens with one attached hydrogen (secondary N) is 2. The second kappa shape index (κ2) is 8.38. The maximum Gasteiger partial charge on any atom is 0.269 e. The van der Waals surface area contributed by atoms with Gasteiger partial charge in [-0.25, -0.2) is 13.1 Å². The molecule has 1 fully saturated rings. The standard InChI is InChI=1S/C18H21N3O5S2/c22-17(19-13-18(9-1-2-10-18)16-4-3-11-27-16)12-20-28(25,26)15-7-5-14(6-8-15)21(23)24/h3-8,11,20H,1-2,9-10,12-13H2,(H,19,22). The van der Waals surface area contributed by atoms with Crippen LogP contribution in [0.4, 0.5) is 5.69 Å². The number of hydrogen-bond acceptors (Lipinski definition) is 6. The van der Waals surface area contributed by atoms with Crippen molar-refractivity contribution in [1.29, 1.82) is 0 Å². The van der Waals surface area contributed by atoms with Crippen LogP contribution < -0.4 is 10.0 Å². The Labute approximate surface area is 167 Å². The van der Waals surface area contributed by atoms with Crippen LogP contribution in [-0.4, -0.2) is 32.3 Å². The Bertz CT molecular complexity index is 934. The molecule has 150 valence electrons. The summed E-state index contributed by atoms with van der Waals surface area (Å²) in [5, 5.41) is 15.5. The normalized spacial score (nSPS) is 16.0. The van der Waals surface area contributed by atoms with Crippen molar-refractivity contribution < 1.29 is 18.1 Å². The van der Waals surface area contributed by atoms with Crippen LogP contribution in [-0.2, 0) is 20.2 Å². The van der Waals surface area contributed by atoms with Crippen LogP contribution in [0.25, 0.3) is 0 Å². The van der Waals surface area contributed by atoms with Gasteiger partial charge in [-0.2, -0.15) is 0 Å². The lowest BCUT2D eigenvalue weighted by Crippen LogP contribution is -2.43. The number of hydrogen-bond donors (Lipinski definition) is 2. The van der Waals surface area contributed by atoms with Gasteiger partial charge in [0.2, 0.25) is 15.9 Å². The summed E-state index contributed by atoms with van der Waals surface area (Å²) in [6.07, 6.45) is 4.23. The van der Waals surface area contributed by atoms with Gasteiger partial charge in [0.15, 0.2) is 0 Å². The van der Waals surface area contributed by atoms with Crippen molar-refractivity contribution in [3.63, 3.8) is 0 Å². The van der Waals surface area contributed by atoms with Crippen molar-refractivity contribution in [2.75, 3.05) is 13.1 Å². The van der Waals surface area contributed by atoms with E-state index < -0.39 is 20.9 Å². The zero-order chi connectivity index (χ0) is 20.2. The van der Waals surface area contributed by atoms with Crippen molar-refractivity contribution in [3.05, 3.63) is 56.8 Å². The first-order chi connectivity index (χ1) is 13.3. The van der Waals surface area contributed by atoms with Crippen LogP contribution in [0.2, 0.25) is 0 Å². The summed E-state index contributed by atoms with van der Waals surface area (Å²) in [5.74, 6) is -0.409. The molecule has 1 amide bonds. The third-order valence-electron chi connectivity index (χ3n) is 5.01. The molecule has 1 aliphatic carbocycles. The Morgan fingerprint density at radius 1 is 1.18 bits per heavy atom. The molecule has 1 aliphatic rings. The van der Waals surface area contributed by atoms with Gasteiger partial charge in [0.05, 0.1) is 16.4 Å². The molecule has 1 aromatic heterocycles. The minimum absolute atomic E-state index is 0.0684. The molecule has 0 bridgehead atoms. The third kappa shape index (κ3) is 4.57. The summed E-state index contributed by atoms with van der Waals surface area (Å²) in [5.41, 5.74) is -0.270. The van der Waals surface area contributed by atoms with Gasteiger partial charge in [-0.1, -0.05) is 18.9 Å². The van der Waals surface area contributed by atoms with Crippen molar-refractivity contribution in [2.24, 2.45) is 0 Å². The van der Waals surface area contributed by atoms with E-state index in [1.807, 2.05) is 11.4 Å². The molecule has 1 aromatic carbocycles. The van der Waals surface area contributed by atoms with Crippen molar-refractivity contribution in [2.45, 2.75) is 36.0 Å². The lowest BCUT2D eigenvalue weighted by atomic mass is 9.84. The molecule has 0 aliphatic heterocycles. The number of carbonyl (C=O) groups excluding carboxylic acids is 1. The Morgan fingerprint density at radius 2 is 1.86 bits per heavy atom. The predicted molar refractivity (Wildman–Crippen MR) is 106 cm³/mol. The first kappa shape index (κ1) is 20.4. The molecule has 3 rings (SSSR count). The zero-order valence-electron chi connectivity index (χ0n) is 15.1. The topological polar surface area (TPSA) is 118 Å². The monoisotopic (exact) mass is 423 g/mol. The van der Waals surface area contributed by atoms with E-state index in [2.05, 4.69) is 16.1 Å². The summed E-state index contributed by atoms with van der Waals surface area (Å²) in [6, 6.07) is 8.59. The van der Waals surface area contributed by atoms with Gasteiger partial charge in [-0.3, -0.25) is 14.9 Å². The Kier molecular flexibility index (Phi) is 6.11. The van der Waals surface area contributed by atoms with Crippen LogP contribution in [0.15, 0.2) is 46.7 Å². The SMILES string of the molecule is O=C(CNS(=O)(=O)c1ccc([N+](=O)[O-])cc1)NCC1(c2cccs2)CCCC1. The second-order valence-electron chi connectivity index (χ2n) is 6.82. The van der Waals surface area contributed by atoms with Gasteiger partial charge in [-0.05, 0) is 36.4 Å². The van der Waals surface area contributed by atoms with Gasteiger partial charge >= 0.3 is 0 Å². The molecular formula is C18H21N3O5S2. The highest BCUT2D eigenvalue weighted by Gasteiger charge is 2.36. The summed E-state index contributed by atoms with van der Waals surface area (Å²) in [6.45, 7) is 0.0887. The van der Waals surface area contributed by atoms with Crippen LogP contribution in [0.1, 0.15) is 30.6 Å². The molecule has 2 aromatic rings. The van der Waals surface area contributed by atoms with E-state index in [1.54, 1.807) is 11.3 Å². The second-order valence-corrected chi connectivity index (χ2v) is 9.53. The first-order valence-corrected chi connectivity index (χ1v) is 11.2. The number of carbonyl (C=O) groups is 1. The summed E-state index contributed by atoms with van der Waals surface area (Å²) >= 11 is 1.68. The lowest BCUT2D eigenvalue weighted by molar-refractivity contribution is -0.384. The van der Waals surface area contributed by atoms with Crippen LogP contribution >= 0.6 is 11.3 Å². The number of nitro groups is 1. The van der Waals surface area contributed by atoms with E-state index in [1.165, 1.54) is 4.88 Å². The molecule has 0 radical (unpaired) electrons. The Balaban J connectivity index is 1.57. The van der Waals surface area contributed by atoms with Gasteiger partial charge in [0.25, 0.3) is 5.69 Å². The number of amides is 1. The summed E-state index contributed by atoms with van der Waals surface area (Å²) in [4.78, 5) is 23.4. The summed E-state index contributed by atoms with van der Waals surface area (Å²) in [7, 11) is -3.92. The first-order valence-electron chi connectivity index (χ1n) is 8.87. The fourth-order valence-electron chi connectivity index (χ4n) is 3.46. The molecule has 0 spiro atoms. The molecular weight excluding hydrogens is 402 g/mol. The highest BCUT2D eigenvalue weighted by atomic mass is 32.2. The molecule has 0 unspecified atom stereocenters. The van der Waals surface area contributed by atoms with Crippen LogP contribution in [0, 0.1) is 10.1 Å². The smallest absolute Gasteiger partial charge is 0.269 e. The Morgan fingerprint density at radius 3 is 2.43 bits per heavy atom. The lowest BCUT2D eigenvalue weighted by Gasteiger charge is -2.28. The largest absolute Gasteiger partial charge is 0.354 e. The van der Waals surface area contributed by atoms with E-state index in [9.17, 15) is 23.3 Å². The number of nitro benzene ring substituents is 1. The van der Waals surface area contributed by atoms with E-state index in [4.69, 9.17) is 0 Å². The molecule has 1 heterocycles. The van der Waals surface area contributed by atoms with E-state index >= 15 is 0 Å². The van der Waals surface area contributed by atoms with Gasteiger partial charge in [0, 0.05) is 29.0 Å². The van der Waals surface area contributed by atoms with E-state index in [0.717, 1.165) is 49.9 Å². The molecule has 0 saturated heterocycles. The maximum absolute atomic E-state index is 12.3. The third-order valence-corrected chi connectivity index (χ3v) is 7.54. The quantitative estimate of drug-likeness (QED) is 0.500. The minimum atomic E-state index is -3.92. The fourth-order valence-corrected chi connectivity index (χ4v) is 5.43. The zero-order valence-corrected chi connectivity index (χ0v) is 16.7. The molecule has 0 atom stereocenters. The van der Waals surface area contributed by atoms with E-state index in [0.29, 0.717) is 6.54 Å². The van der Waals surface area contributed by atoms with Crippen LogP contribution in [0.5, 0.6) is 0 Å². The van der Waals surface area contributed by atoms with E-state index in [-0.39, 0.29) is 22.5 Å². The van der Waals surface area contributed by atoms with Crippen molar-refractivity contribution in [3.8, 4) is 0 Å². The van der Waals surface area contributed by atoms with Crippen LogP contribution in [0.3, 0.4) is 0 Å². The molecule has 10 heteroatoms. The average molecular weight is 424 g/mol. The van der Waals surface area contributed by atoms with Gasteiger partial charge in [-0.15, -0.1) is 11.3 Å². The van der Waals surface area contributed by atoms with Crippen molar-refractivity contribution >= 4 is 33.0 Å². The number of non-ortho nitro benzene ring substituents is 1. The molecule has 8 nitrogen and oxygen atoms in total. The van der Waals surface area contributed by atoms with Gasteiger partial charge in [0.1, 0.15) is 0 Å². The molecule has 28 heavy (non-hydrogen) atoms. The predicted octanol–water partition coefficient (Wildman–Crippen LogP) is 2.56. The number of nitrogens with zero attached hydrogens (tertiary/aromatic N) is 1. The fraction of sp³-hybridized carbons (Fsp3) is 0.389. The average Bonchev–Trinajstić information content (AvgIpc) is 3.37. The number of sulfonamides is 1. The molecule has 2 N–H and O–H groups in total. The Hall–Kier alpha value is -2.30. The van der Waals surface area contributed by atoms with Gasteiger partial charge < -0.3 is 5.32 Å². The number of rotatable bonds is 8. The van der Waals surface area contributed by atoms with Crippen molar-refractivity contribution in [1.82, 2.24) is 10.0 Å². The minimum Gasteiger partial charge on any atom is -0.354 e. The molecule has 1 saturated carbocycles. The highest BCUT2D eigenvalue weighted by Crippen LogP contribution is 2.42. The number of benzene rings is 1. The highest BCUT2D eigenvalue weighted by molar-refractivity contribution is 7.89. The number of thiophene rings is 1.